The molecule has 3 nitrogen and oxygen atoms in total. The molecular weight excluding hydrogens is 372 g/mol. The van der Waals surface area contributed by atoms with Crippen LogP contribution in [0, 0.1) is 11.3 Å². The SMILES string of the molecule is N#CCCCOc1cccc(NCc2cc(Br)c(Cl)s2)c1. The van der Waals surface area contributed by atoms with Crippen molar-refractivity contribution in [3.8, 4) is 11.8 Å². The fourth-order valence-corrected chi connectivity index (χ4v) is 3.44. The third kappa shape index (κ3) is 5.24. The van der Waals surface area contributed by atoms with Gasteiger partial charge in [-0.25, -0.2) is 0 Å². The summed E-state index contributed by atoms with van der Waals surface area (Å²) in [5.74, 6) is 0.809. The summed E-state index contributed by atoms with van der Waals surface area (Å²) in [5.41, 5.74) is 0.994. The molecule has 0 saturated heterocycles. The van der Waals surface area contributed by atoms with Gasteiger partial charge in [0.25, 0.3) is 0 Å². The molecule has 0 aliphatic heterocycles. The van der Waals surface area contributed by atoms with E-state index in [9.17, 15) is 0 Å². The first-order valence-electron chi connectivity index (χ1n) is 6.46. The Morgan fingerprint density at radius 3 is 2.95 bits per heavy atom. The van der Waals surface area contributed by atoms with Gasteiger partial charge in [0.2, 0.25) is 0 Å². The minimum atomic E-state index is 0.520. The first-order valence-corrected chi connectivity index (χ1v) is 8.45. The summed E-state index contributed by atoms with van der Waals surface area (Å²) in [5, 5.41) is 11.8. The largest absolute Gasteiger partial charge is 0.493 e. The van der Waals surface area contributed by atoms with Gasteiger partial charge in [0.1, 0.15) is 10.1 Å². The summed E-state index contributed by atoms with van der Waals surface area (Å²) in [7, 11) is 0. The van der Waals surface area contributed by atoms with Crippen molar-refractivity contribution in [3.63, 3.8) is 0 Å². The van der Waals surface area contributed by atoms with Gasteiger partial charge in [-0.05, 0) is 40.5 Å². The monoisotopic (exact) mass is 384 g/mol. The number of hydrogen-bond acceptors (Lipinski definition) is 4. The number of nitrogens with one attached hydrogen (secondary N) is 1. The molecule has 6 heteroatoms. The minimum absolute atomic E-state index is 0.520. The van der Waals surface area contributed by atoms with Crippen LogP contribution in [0.25, 0.3) is 0 Å². The van der Waals surface area contributed by atoms with Crippen LogP contribution < -0.4 is 10.1 Å². The minimum Gasteiger partial charge on any atom is -0.493 e. The van der Waals surface area contributed by atoms with Crippen LogP contribution in [-0.2, 0) is 6.54 Å². The molecule has 0 aliphatic carbocycles. The van der Waals surface area contributed by atoms with E-state index in [1.54, 1.807) is 11.3 Å². The summed E-state index contributed by atoms with van der Waals surface area (Å²) < 4.78 is 7.30. The van der Waals surface area contributed by atoms with Crippen molar-refractivity contribution in [3.05, 3.63) is 44.0 Å². The molecule has 2 aromatic rings. The Morgan fingerprint density at radius 2 is 2.24 bits per heavy atom. The lowest BCUT2D eigenvalue weighted by molar-refractivity contribution is 0.313. The van der Waals surface area contributed by atoms with Crippen molar-refractivity contribution in [2.45, 2.75) is 19.4 Å². The van der Waals surface area contributed by atoms with Gasteiger partial charge >= 0.3 is 0 Å². The highest BCUT2D eigenvalue weighted by molar-refractivity contribution is 9.10. The van der Waals surface area contributed by atoms with E-state index in [1.807, 2.05) is 30.3 Å². The second-order valence-corrected chi connectivity index (χ2v) is 6.92. The summed E-state index contributed by atoms with van der Waals surface area (Å²) in [6, 6.07) is 11.9. The zero-order chi connectivity index (χ0) is 15.1. The average molecular weight is 386 g/mol. The van der Waals surface area contributed by atoms with Crippen LogP contribution in [0.3, 0.4) is 0 Å². The number of benzene rings is 1. The van der Waals surface area contributed by atoms with Crippen LogP contribution in [0.2, 0.25) is 4.34 Å². The molecule has 1 aromatic carbocycles. The van der Waals surface area contributed by atoms with E-state index in [2.05, 4.69) is 27.3 Å². The lowest BCUT2D eigenvalue weighted by Gasteiger charge is -2.08. The van der Waals surface area contributed by atoms with Gasteiger partial charge in [-0.3, -0.25) is 0 Å². The van der Waals surface area contributed by atoms with Crippen molar-refractivity contribution < 1.29 is 4.74 Å². The molecular formula is C15H14BrClN2OS. The van der Waals surface area contributed by atoms with Gasteiger partial charge in [-0.2, -0.15) is 5.26 Å². The van der Waals surface area contributed by atoms with E-state index in [0.717, 1.165) is 31.5 Å². The summed E-state index contributed by atoms with van der Waals surface area (Å²) in [6.07, 6.45) is 1.27. The van der Waals surface area contributed by atoms with Crippen molar-refractivity contribution in [2.24, 2.45) is 0 Å². The topological polar surface area (TPSA) is 45.0 Å². The van der Waals surface area contributed by atoms with Crippen LogP contribution in [0.5, 0.6) is 5.75 Å². The lowest BCUT2D eigenvalue weighted by atomic mass is 10.3. The molecule has 0 spiro atoms. The average Bonchev–Trinajstić information content (AvgIpc) is 2.81. The number of nitrogens with zero attached hydrogens (tertiary/aromatic N) is 1. The van der Waals surface area contributed by atoms with E-state index in [1.165, 1.54) is 0 Å². The van der Waals surface area contributed by atoms with Gasteiger partial charge in [-0.1, -0.05) is 17.7 Å². The Morgan fingerprint density at radius 1 is 1.38 bits per heavy atom. The Kier molecular flexibility index (Phi) is 6.37. The number of unbranched alkanes of at least 4 members (excludes halogenated alkanes) is 1. The molecule has 0 aliphatic rings. The number of anilines is 1. The number of nitriles is 1. The number of hydrogen-bond donors (Lipinski definition) is 1. The van der Waals surface area contributed by atoms with Crippen molar-refractivity contribution in [1.82, 2.24) is 0 Å². The predicted octanol–water partition coefficient (Wildman–Crippen LogP) is 5.46. The number of rotatable bonds is 7. The Bertz CT molecular complexity index is 619. The molecule has 2 rings (SSSR count). The maximum atomic E-state index is 8.48. The van der Waals surface area contributed by atoms with E-state index in [4.69, 9.17) is 21.6 Å². The second-order valence-electron chi connectivity index (χ2n) is 4.33. The zero-order valence-corrected chi connectivity index (χ0v) is 14.4. The molecule has 21 heavy (non-hydrogen) atoms. The van der Waals surface area contributed by atoms with Gasteiger partial charge < -0.3 is 10.1 Å². The van der Waals surface area contributed by atoms with Crippen molar-refractivity contribution in [1.29, 1.82) is 5.26 Å². The summed E-state index contributed by atoms with van der Waals surface area (Å²) >= 11 is 11.0. The maximum Gasteiger partial charge on any atom is 0.121 e. The number of halogens is 2. The Balaban J connectivity index is 1.87. The molecule has 1 heterocycles. The molecule has 0 amide bonds. The van der Waals surface area contributed by atoms with Gasteiger partial charge in [0.05, 0.1) is 12.7 Å². The predicted molar refractivity (Wildman–Crippen MR) is 91.1 cm³/mol. The molecule has 0 bridgehead atoms. The van der Waals surface area contributed by atoms with Crippen LogP contribution in [-0.4, -0.2) is 6.61 Å². The molecule has 0 saturated carbocycles. The highest BCUT2D eigenvalue weighted by Crippen LogP contribution is 2.32. The molecule has 0 radical (unpaired) electrons. The number of ether oxygens (including phenoxy) is 1. The lowest BCUT2D eigenvalue weighted by Crippen LogP contribution is -1.99. The molecule has 0 atom stereocenters. The highest BCUT2D eigenvalue weighted by atomic mass is 79.9. The third-order valence-electron chi connectivity index (χ3n) is 2.70. The highest BCUT2D eigenvalue weighted by Gasteiger charge is 2.04. The molecule has 110 valence electrons. The van der Waals surface area contributed by atoms with Crippen LogP contribution >= 0.6 is 38.9 Å². The standard InChI is InChI=1S/C15H14BrClN2OS/c16-14-9-13(21-15(14)17)10-19-11-4-3-5-12(8-11)20-7-2-1-6-18/h3-5,8-9,19H,1-2,7,10H2. The maximum absolute atomic E-state index is 8.48. The van der Waals surface area contributed by atoms with E-state index in [0.29, 0.717) is 19.6 Å². The van der Waals surface area contributed by atoms with Gasteiger partial charge in [0.15, 0.2) is 0 Å². The first-order chi connectivity index (χ1) is 10.2. The third-order valence-corrected chi connectivity index (χ3v) is 5.17. The Hall–Kier alpha value is -1.22. The van der Waals surface area contributed by atoms with E-state index < -0.39 is 0 Å². The quantitative estimate of drug-likeness (QED) is 0.644. The van der Waals surface area contributed by atoms with E-state index in [-0.39, 0.29) is 0 Å². The zero-order valence-electron chi connectivity index (χ0n) is 11.2. The molecule has 0 fully saturated rings. The number of thiophene rings is 1. The first kappa shape index (κ1) is 16.2. The van der Waals surface area contributed by atoms with Crippen molar-refractivity contribution in [2.75, 3.05) is 11.9 Å². The molecule has 0 unspecified atom stereocenters. The fraction of sp³-hybridized carbons (Fsp3) is 0.267. The summed E-state index contributed by atoms with van der Waals surface area (Å²) in [6.45, 7) is 1.28. The molecule has 1 aromatic heterocycles. The van der Waals surface area contributed by atoms with Gasteiger partial charge in [0, 0.05) is 34.1 Å². The summed E-state index contributed by atoms with van der Waals surface area (Å²) in [4.78, 5) is 1.16. The van der Waals surface area contributed by atoms with Crippen LogP contribution in [0.15, 0.2) is 34.8 Å². The second kappa shape index (κ2) is 8.28. The molecule has 1 N–H and O–H groups in total. The fourth-order valence-electron chi connectivity index (χ4n) is 1.70. The normalized spacial score (nSPS) is 10.1. The van der Waals surface area contributed by atoms with Crippen LogP contribution in [0.4, 0.5) is 5.69 Å². The Labute approximate surface area is 141 Å². The van der Waals surface area contributed by atoms with E-state index >= 15 is 0 Å². The van der Waals surface area contributed by atoms with Gasteiger partial charge in [-0.15, -0.1) is 11.3 Å². The van der Waals surface area contributed by atoms with Crippen molar-refractivity contribution >= 4 is 44.6 Å². The smallest absolute Gasteiger partial charge is 0.121 e. The van der Waals surface area contributed by atoms with Crippen LogP contribution in [0.1, 0.15) is 17.7 Å².